The number of fused-ring (bicyclic) bond motifs is 1. The molecule has 0 spiro atoms. The first-order chi connectivity index (χ1) is 9.69. The van der Waals surface area contributed by atoms with Gasteiger partial charge in [-0.1, -0.05) is 0 Å². The maximum atomic E-state index is 13.0. The number of H-pyrrole nitrogens is 1. The maximum Gasteiger partial charge on any atom is 0.224 e. The number of anilines is 3. The number of nitrogens with two attached hydrogens (primary N) is 1. The summed E-state index contributed by atoms with van der Waals surface area (Å²) in [5.41, 5.74) is 7.74. The smallest absolute Gasteiger partial charge is 0.224 e. The molecule has 0 fully saturated rings. The van der Waals surface area contributed by atoms with Gasteiger partial charge in [0.15, 0.2) is 11.5 Å². The van der Waals surface area contributed by atoms with Crippen LogP contribution in [0.3, 0.4) is 0 Å². The van der Waals surface area contributed by atoms with Crippen LogP contribution < -0.4 is 10.6 Å². The Kier molecular flexibility index (Phi) is 2.94. The monoisotopic (exact) mass is 272 g/mol. The first kappa shape index (κ1) is 12.3. The fraction of sp³-hybridized carbons (Fsp3) is 0.154. The molecule has 0 saturated carbocycles. The molecule has 2 heterocycles. The lowest BCUT2D eigenvalue weighted by Crippen LogP contribution is -2.18. The second kappa shape index (κ2) is 4.76. The van der Waals surface area contributed by atoms with Crippen LogP contribution in [0.25, 0.3) is 11.2 Å². The Labute approximate surface area is 114 Å². The van der Waals surface area contributed by atoms with Crippen molar-refractivity contribution in [3.05, 3.63) is 36.4 Å². The Bertz CT molecular complexity index is 736. The van der Waals surface area contributed by atoms with E-state index in [1.807, 2.05) is 11.8 Å². The Hall–Kier alpha value is -2.70. The van der Waals surface area contributed by atoms with E-state index in [0.717, 1.165) is 5.69 Å². The molecule has 7 heteroatoms. The summed E-state index contributed by atoms with van der Waals surface area (Å²) in [7, 11) is 0. The number of hydrogen-bond donors (Lipinski definition) is 2. The summed E-state index contributed by atoms with van der Waals surface area (Å²) in [5.74, 6) is 0.498. The molecule has 0 aliphatic heterocycles. The van der Waals surface area contributed by atoms with Crippen LogP contribution in [0.15, 0.2) is 30.6 Å². The molecule has 0 radical (unpaired) electrons. The predicted octanol–water partition coefficient (Wildman–Crippen LogP) is 2.23. The molecule has 2 aromatic heterocycles. The van der Waals surface area contributed by atoms with Crippen LogP contribution in [0.1, 0.15) is 6.92 Å². The average molecular weight is 272 g/mol. The Balaban J connectivity index is 2.16. The number of aromatic amines is 1. The van der Waals surface area contributed by atoms with Gasteiger partial charge in [0.2, 0.25) is 5.95 Å². The summed E-state index contributed by atoms with van der Waals surface area (Å²) >= 11 is 0. The van der Waals surface area contributed by atoms with E-state index in [-0.39, 0.29) is 11.8 Å². The summed E-state index contributed by atoms with van der Waals surface area (Å²) in [5, 5.41) is 0. The van der Waals surface area contributed by atoms with Gasteiger partial charge in [-0.2, -0.15) is 9.97 Å². The number of rotatable bonds is 3. The van der Waals surface area contributed by atoms with Crippen molar-refractivity contribution in [1.82, 2.24) is 19.9 Å². The third-order valence-corrected chi connectivity index (χ3v) is 2.99. The molecule has 0 unspecified atom stereocenters. The fourth-order valence-electron chi connectivity index (χ4n) is 2.11. The van der Waals surface area contributed by atoms with Gasteiger partial charge in [0.1, 0.15) is 11.3 Å². The van der Waals surface area contributed by atoms with Crippen LogP contribution in [0, 0.1) is 5.82 Å². The summed E-state index contributed by atoms with van der Waals surface area (Å²) in [6, 6.07) is 6.21. The van der Waals surface area contributed by atoms with Crippen LogP contribution >= 0.6 is 0 Å². The first-order valence-electron chi connectivity index (χ1n) is 6.18. The van der Waals surface area contributed by atoms with E-state index in [0.29, 0.717) is 23.5 Å². The molecule has 20 heavy (non-hydrogen) atoms. The van der Waals surface area contributed by atoms with Gasteiger partial charge in [-0.05, 0) is 31.2 Å². The van der Waals surface area contributed by atoms with Gasteiger partial charge < -0.3 is 15.6 Å². The third-order valence-electron chi connectivity index (χ3n) is 2.99. The van der Waals surface area contributed by atoms with Gasteiger partial charge in [-0.25, -0.2) is 9.37 Å². The SMILES string of the molecule is CCN(c1ccc(F)cc1)c1nc(N)nc2nc[nH]c12. The Morgan fingerprint density at radius 3 is 2.70 bits per heavy atom. The van der Waals surface area contributed by atoms with Gasteiger partial charge in [-0.15, -0.1) is 0 Å². The minimum Gasteiger partial charge on any atom is -0.368 e. The van der Waals surface area contributed by atoms with Crippen LogP contribution in [0.4, 0.5) is 21.8 Å². The molecule has 0 amide bonds. The molecule has 0 saturated heterocycles. The van der Waals surface area contributed by atoms with Crippen molar-refractivity contribution in [3.8, 4) is 0 Å². The highest BCUT2D eigenvalue weighted by molar-refractivity contribution is 5.86. The third kappa shape index (κ3) is 2.03. The van der Waals surface area contributed by atoms with Crippen molar-refractivity contribution in [2.24, 2.45) is 0 Å². The van der Waals surface area contributed by atoms with Gasteiger partial charge in [-0.3, -0.25) is 0 Å². The van der Waals surface area contributed by atoms with E-state index >= 15 is 0 Å². The van der Waals surface area contributed by atoms with E-state index in [9.17, 15) is 4.39 Å². The van der Waals surface area contributed by atoms with Crippen LogP contribution in [-0.4, -0.2) is 26.5 Å². The van der Waals surface area contributed by atoms with Gasteiger partial charge >= 0.3 is 0 Å². The lowest BCUT2D eigenvalue weighted by Gasteiger charge is -2.22. The summed E-state index contributed by atoms with van der Waals surface area (Å²) < 4.78 is 13.0. The molecule has 3 aromatic rings. The molecule has 0 aliphatic rings. The number of hydrogen-bond acceptors (Lipinski definition) is 5. The lowest BCUT2D eigenvalue weighted by molar-refractivity contribution is 0.628. The Morgan fingerprint density at radius 2 is 2.00 bits per heavy atom. The number of nitrogen functional groups attached to an aromatic ring is 1. The zero-order valence-electron chi connectivity index (χ0n) is 10.8. The topological polar surface area (TPSA) is 83.7 Å². The van der Waals surface area contributed by atoms with Gasteiger partial charge in [0.25, 0.3) is 0 Å². The molecule has 6 nitrogen and oxygen atoms in total. The lowest BCUT2D eigenvalue weighted by atomic mass is 10.2. The van der Waals surface area contributed by atoms with Crippen LogP contribution in [0.2, 0.25) is 0 Å². The van der Waals surface area contributed by atoms with E-state index in [2.05, 4.69) is 19.9 Å². The van der Waals surface area contributed by atoms with Gasteiger partial charge in [0.05, 0.1) is 6.33 Å². The molecular formula is C13H13FN6. The number of nitrogens with zero attached hydrogens (tertiary/aromatic N) is 4. The zero-order valence-corrected chi connectivity index (χ0v) is 10.8. The quantitative estimate of drug-likeness (QED) is 0.763. The average Bonchev–Trinajstić information content (AvgIpc) is 2.89. The number of imidazole rings is 1. The highest BCUT2D eigenvalue weighted by Crippen LogP contribution is 2.28. The van der Waals surface area contributed by atoms with Crippen LogP contribution in [-0.2, 0) is 0 Å². The van der Waals surface area contributed by atoms with Crippen molar-refractivity contribution in [2.75, 3.05) is 17.2 Å². The molecule has 3 N–H and O–H groups in total. The van der Waals surface area contributed by atoms with E-state index in [1.54, 1.807) is 18.5 Å². The second-order valence-electron chi connectivity index (χ2n) is 4.23. The normalized spacial score (nSPS) is 10.9. The largest absolute Gasteiger partial charge is 0.368 e. The molecule has 0 atom stereocenters. The Morgan fingerprint density at radius 1 is 1.25 bits per heavy atom. The predicted molar refractivity (Wildman–Crippen MR) is 75.2 cm³/mol. The zero-order chi connectivity index (χ0) is 14.1. The van der Waals surface area contributed by atoms with Gasteiger partial charge in [0, 0.05) is 12.2 Å². The summed E-state index contributed by atoms with van der Waals surface area (Å²) in [6.07, 6.45) is 1.54. The summed E-state index contributed by atoms with van der Waals surface area (Å²) in [6.45, 7) is 2.63. The number of halogens is 1. The molecule has 3 rings (SSSR count). The number of nitrogens with one attached hydrogen (secondary N) is 1. The molecule has 0 aliphatic carbocycles. The minimum atomic E-state index is -0.279. The van der Waals surface area contributed by atoms with Crippen molar-refractivity contribution in [3.63, 3.8) is 0 Å². The van der Waals surface area contributed by atoms with E-state index in [4.69, 9.17) is 5.73 Å². The first-order valence-corrected chi connectivity index (χ1v) is 6.18. The highest BCUT2D eigenvalue weighted by atomic mass is 19.1. The standard InChI is InChI=1S/C13H13FN6/c1-2-20(9-5-3-8(14)4-6-9)12-10-11(17-7-16-10)18-13(15)19-12/h3-7H,2H2,1H3,(H3,15,16,17,18,19). The van der Waals surface area contributed by atoms with Crippen LogP contribution in [0.5, 0.6) is 0 Å². The number of aromatic nitrogens is 4. The number of benzene rings is 1. The maximum absolute atomic E-state index is 13.0. The van der Waals surface area contributed by atoms with Crippen molar-refractivity contribution in [1.29, 1.82) is 0 Å². The van der Waals surface area contributed by atoms with Crippen molar-refractivity contribution >= 4 is 28.6 Å². The minimum absolute atomic E-state index is 0.153. The van der Waals surface area contributed by atoms with E-state index < -0.39 is 0 Å². The highest BCUT2D eigenvalue weighted by Gasteiger charge is 2.16. The van der Waals surface area contributed by atoms with Crippen molar-refractivity contribution < 1.29 is 4.39 Å². The molecule has 102 valence electrons. The van der Waals surface area contributed by atoms with E-state index in [1.165, 1.54) is 12.1 Å². The second-order valence-corrected chi connectivity index (χ2v) is 4.23. The molecule has 1 aromatic carbocycles. The molecule has 0 bridgehead atoms. The molecular weight excluding hydrogens is 259 g/mol. The summed E-state index contributed by atoms with van der Waals surface area (Å²) in [4.78, 5) is 17.3. The fourth-order valence-corrected chi connectivity index (χ4v) is 2.11. The van der Waals surface area contributed by atoms with Crippen molar-refractivity contribution in [2.45, 2.75) is 6.92 Å².